The van der Waals surface area contributed by atoms with Crippen LogP contribution < -0.4 is 5.32 Å². The van der Waals surface area contributed by atoms with Gasteiger partial charge in [0.1, 0.15) is 5.82 Å². The number of nitrogens with zero attached hydrogens (tertiary/aromatic N) is 2. The van der Waals surface area contributed by atoms with E-state index in [0.29, 0.717) is 6.04 Å². The van der Waals surface area contributed by atoms with Gasteiger partial charge in [0.05, 0.1) is 23.7 Å². The van der Waals surface area contributed by atoms with Crippen LogP contribution in [0.3, 0.4) is 0 Å². The van der Waals surface area contributed by atoms with Gasteiger partial charge in [-0.2, -0.15) is 0 Å². The van der Waals surface area contributed by atoms with Crippen LogP contribution in [-0.2, 0) is 13.1 Å². The highest BCUT2D eigenvalue weighted by atomic mass is 16.3. The standard InChI is InChI=1S/C16H23N3O/c1-2-19-15-9-4-3-8-14(15)18-16(19)11-17-12-6-5-7-13(20)10-12/h3-4,8-9,12-13,17,20H,2,5-7,10-11H2,1H3. The number of benzene rings is 1. The van der Waals surface area contributed by atoms with Crippen molar-refractivity contribution in [2.45, 2.75) is 57.8 Å². The van der Waals surface area contributed by atoms with Crippen molar-refractivity contribution in [3.05, 3.63) is 30.1 Å². The number of aryl methyl sites for hydroxylation is 1. The molecule has 0 bridgehead atoms. The third kappa shape index (κ3) is 2.72. The van der Waals surface area contributed by atoms with Crippen LogP contribution >= 0.6 is 0 Å². The number of aromatic nitrogens is 2. The lowest BCUT2D eigenvalue weighted by atomic mass is 9.93. The predicted octanol–water partition coefficient (Wildman–Crippen LogP) is 2.45. The maximum absolute atomic E-state index is 9.73. The van der Waals surface area contributed by atoms with Crippen LogP contribution in [-0.4, -0.2) is 26.8 Å². The first-order valence-corrected chi connectivity index (χ1v) is 7.63. The summed E-state index contributed by atoms with van der Waals surface area (Å²) in [7, 11) is 0. The number of fused-ring (bicyclic) bond motifs is 1. The van der Waals surface area contributed by atoms with Gasteiger partial charge in [-0.05, 0) is 44.7 Å². The van der Waals surface area contributed by atoms with Gasteiger partial charge >= 0.3 is 0 Å². The van der Waals surface area contributed by atoms with Gasteiger partial charge in [0.2, 0.25) is 0 Å². The van der Waals surface area contributed by atoms with Crippen LogP contribution in [0, 0.1) is 0 Å². The quantitative estimate of drug-likeness (QED) is 0.899. The second-order valence-electron chi connectivity index (χ2n) is 5.66. The normalized spacial score (nSPS) is 23.3. The largest absolute Gasteiger partial charge is 0.393 e. The maximum Gasteiger partial charge on any atom is 0.123 e. The van der Waals surface area contributed by atoms with Crippen LogP contribution in [0.15, 0.2) is 24.3 Å². The van der Waals surface area contributed by atoms with E-state index in [1.54, 1.807) is 0 Å². The Hall–Kier alpha value is -1.39. The molecule has 108 valence electrons. The van der Waals surface area contributed by atoms with E-state index < -0.39 is 0 Å². The molecule has 0 radical (unpaired) electrons. The minimum absolute atomic E-state index is 0.133. The molecule has 2 unspecified atom stereocenters. The van der Waals surface area contributed by atoms with Gasteiger partial charge in [0.25, 0.3) is 0 Å². The van der Waals surface area contributed by atoms with Crippen molar-refractivity contribution in [2.24, 2.45) is 0 Å². The zero-order chi connectivity index (χ0) is 13.9. The molecule has 1 aromatic carbocycles. The van der Waals surface area contributed by atoms with Crippen LogP contribution in [0.2, 0.25) is 0 Å². The van der Waals surface area contributed by atoms with Crippen LogP contribution in [0.4, 0.5) is 0 Å². The number of para-hydroxylation sites is 2. The summed E-state index contributed by atoms with van der Waals surface area (Å²) in [5.74, 6) is 1.09. The fraction of sp³-hybridized carbons (Fsp3) is 0.562. The van der Waals surface area contributed by atoms with Gasteiger partial charge in [-0.25, -0.2) is 4.98 Å². The topological polar surface area (TPSA) is 50.1 Å². The van der Waals surface area contributed by atoms with E-state index in [1.165, 1.54) is 5.52 Å². The molecule has 1 aliphatic carbocycles. The maximum atomic E-state index is 9.73. The summed E-state index contributed by atoms with van der Waals surface area (Å²) in [6.07, 6.45) is 3.95. The van der Waals surface area contributed by atoms with Crippen LogP contribution in [0.5, 0.6) is 0 Å². The van der Waals surface area contributed by atoms with Crippen molar-refractivity contribution in [3.63, 3.8) is 0 Å². The number of aliphatic hydroxyl groups is 1. The van der Waals surface area contributed by atoms with Crippen molar-refractivity contribution in [3.8, 4) is 0 Å². The lowest BCUT2D eigenvalue weighted by Gasteiger charge is -2.26. The Morgan fingerprint density at radius 1 is 1.35 bits per heavy atom. The number of nitrogens with one attached hydrogen (secondary N) is 1. The summed E-state index contributed by atoms with van der Waals surface area (Å²) in [6.45, 7) is 3.87. The van der Waals surface area contributed by atoms with Gasteiger partial charge in [0.15, 0.2) is 0 Å². The molecule has 1 fully saturated rings. The van der Waals surface area contributed by atoms with Crippen molar-refractivity contribution < 1.29 is 5.11 Å². The summed E-state index contributed by atoms with van der Waals surface area (Å²) < 4.78 is 2.27. The van der Waals surface area contributed by atoms with Gasteiger partial charge in [0, 0.05) is 12.6 Å². The Morgan fingerprint density at radius 2 is 2.20 bits per heavy atom. The van der Waals surface area contributed by atoms with E-state index in [2.05, 4.69) is 35.0 Å². The fourth-order valence-corrected chi connectivity index (χ4v) is 3.20. The second kappa shape index (κ2) is 5.94. The van der Waals surface area contributed by atoms with Crippen LogP contribution in [0.1, 0.15) is 38.4 Å². The molecule has 0 spiro atoms. The molecule has 1 saturated carbocycles. The predicted molar refractivity (Wildman–Crippen MR) is 80.5 cm³/mol. The molecule has 0 aliphatic heterocycles. The molecule has 4 heteroatoms. The zero-order valence-corrected chi connectivity index (χ0v) is 12.0. The smallest absolute Gasteiger partial charge is 0.123 e. The molecule has 1 heterocycles. The minimum Gasteiger partial charge on any atom is -0.393 e. The Balaban J connectivity index is 1.73. The highest BCUT2D eigenvalue weighted by Crippen LogP contribution is 2.20. The molecule has 20 heavy (non-hydrogen) atoms. The van der Waals surface area contributed by atoms with Crippen LogP contribution in [0.25, 0.3) is 11.0 Å². The summed E-state index contributed by atoms with van der Waals surface area (Å²) >= 11 is 0. The molecule has 0 amide bonds. The Morgan fingerprint density at radius 3 is 3.00 bits per heavy atom. The summed E-state index contributed by atoms with van der Waals surface area (Å²) in [6, 6.07) is 8.70. The van der Waals surface area contributed by atoms with Gasteiger partial charge in [-0.15, -0.1) is 0 Å². The molecular formula is C16H23N3O. The first-order valence-electron chi connectivity index (χ1n) is 7.63. The number of aliphatic hydroxyl groups excluding tert-OH is 1. The Labute approximate surface area is 119 Å². The zero-order valence-electron chi connectivity index (χ0n) is 12.0. The van der Waals surface area contributed by atoms with Gasteiger partial charge in [-0.3, -0.25) is 0 Å². The molecule has 1 aliphatic rings. The third-order valence-electron chi connectivity index (χ3n) is 4.25. The molecule has 4 nitrogen and oxygen atoms in total. The van der Waals surface area contributed by atoms with Crippen molar-refractivity contribution >= 4 is 11.0 Å². The first-order chi connectivity index (χ1) is 9.78. The molecule has 2 aromatic rings. The third-order valence-corrected chi connectivity index (χ3v) is 4.25. The van der Waals surface area contributed by atoms with E-state index in [4.69, 9.17) is 4.98 Å². The van der Waals surface area contributed by atoms with E-state index in [9.17, 15) is 5.11 Å². The number of imidazole rings is 1. The first kappa shape index (κ1) is 13.6. The van der Waals surface area contributed by atoms with Gasteiger partial charge < -0.3 is 15.0 Å². The molecule has 1 aromatic heterocycles. The molecule has 2 N–H and O–H groups in total. The SMILES string of the molecule is CCn1c(CNC2CCCC(O)C2)nc2ccccc21. The highest BCUT2D eigenvalue weighted by molar-refractivity contribution is 5.75. The summed E-state index contributed by atoms with van der Waals surface area (Å²) in [5, 5.41) is 13.3. The monoisotopic (exact) mass is 273 g/mol. The Bertz CT molecular complexity index is 578. The average Bonchev–Trinajstić information content (AvgIpc) is 2.82. The van der Waals surface area contributed by atoms with Crippen molar-refractivity contribution in [1.82, 2.24) is 14.9 Å². The van der Waals surface area contributed by atoms with E-state index in [-0.39, 0.29) is 6.10 Å². The molecule has 0 saturated heterocycles. The van der Waals surface area contributed by atoms with E-state index in [0.717, 1.165) is 50.1 Å². The fourth-order valence-electron chi connectivity index (χ4n) is 3.20. The lowest BCUT2D eigenvalue weighted by Crippen LogP contribution is -2.36. The summed E-state index contributed by atoms with van der Waals surface area (Å²) in [5.41, 5.74) is 2.27. The number of hydrogen-bond donors (Lipinski definition) is 2. The minimum atomic E-state index is -0.133. The van der Waals surface area contributed by atoms with Crippen molar-refractivity contribution in [1.29, 1.82) is 0 Å². The van der Waals surface area contributed by atoms with Gasteiger partial charge in [-0.1, -0.05) is 12.1 Å². The second-order valence-corrected chi connectivity index (χ2v) is 5.66. The van der Waals surface area contributed by atoms with E-state index >= 15 is 0 Å². The Kier molecular flexibility index (Phi) is 4.03. The average molecular weight is 273 g/mol. The number of hydrogen-bond acceptors (Lipinski definition) is 3. The van der Waals surface area contributed by atoms with E-state index in [1.807, 2.05) is 6.07 Å². The molecule has 2 atom stereocenters. The van der Waals surface area contributed by atoms with Crippen molar-refractivity contribution in [2.75, 3.05) is 0 Å². The molecular weight excluding hydrogens is 250 g/mol. The number of rotatable bonds is 4. The summed E-state index contributed by atoms with van der Waals surface area (Å²) in [4.78, 5) is 4.72. The highest BCUT2D eigenvalue weighted by Gasteiger charge is 2.20. The lowest BCUT2D eigenvalue weighted by molar-refractivity contribution is 0.111. The molecule has 3 rings (SSSR count).